The average Bonchev–Trinajstić information content (AvgIpc) is 2.75. The van der Waals surface area contributed by atoms with Crippen molar-refractivity contribution in [3.63, 3.8) is 0 Å². The number of aromatic nitrogens is 1. The molecule has 0 aromatic carbocycles. The molecule has 0 unspecified atom stereocenters. The van der Waals surface area contributed by atoms with Gasteiger partial charge in [-0.05, 0) is 19.4 Å². The number of carbonyl (C=O) groups is 2. The summed E-state index contributed by atoms with van der Waals surface area (Å²) in [5.41, 5.74) is 2.37. The number of hydrogen-bond donors (Lipinski definition) is 2. The highest BCUT2D eigenvalue weighted by Gasteiger charge is 2.59. The number of nitrogens with zero attached hydrogens (tertiary/aromatic N) is 2. The van der Waals surface area contributed by atoms with Crippen molar-refractivity contribution in [1.29, 1.82) is 0 Å². The van der Waals surface area contributed by atoms with Crippen molar-refractivity contribution < 1.29 is 24.4 Å². The van der Waals surface area contributed by atoms with Crippen molar-refractivity contribution in [2.75, 3.05) is 0 Å². The van der Waals surface area contributed by atoms with Gasteiger partial charge in [0.25, 0.3) is 0 Å². The minimum absolute atomic E-state index is 0.0866. The van der Waals surface area contributed by atoms with Crippen LogP contribution in [0.15, 0.2) is 29.1 Å². The number of carbonyl (C=O) groups excluding carboxylic acids is 1. The average molecular weight is 363 g/mol. The van der Waals surface area contributed by atoms with E-state index in [2.05, 4.69) is 0 Å². The highest BCUT2D eigenvalue weighted by Crippen LogP contribution is 2.50. The number of aliphatic hydroxyl groups excluding tert-OH is 1. The fraction of sp³-hybridized carbons (Fsp3) is 0.500. The van der Waals surface area contributed by atoms with E-state index in [0.29, 0.717) is 5.75 Å². The second-order valence-corrected chi connectivity index (χ2v) is 7.90. The van der Waals surface area contributed by atoms with Crippen LogP contribution >= 0.6 is 11.8 Å². The van der Waals surface area contributed by atoms with Crippen molar-refractivity contribution in [1.82, 2.24) is 4.90 Å². The summed E-state index contributed by atoms with van der Waals surface area (Å²) in [5, 5.41) is 19.5. The van der Waals surface area contributed by atoms with Crippen LogP contribution < -0.4 is 4.57 Å². The number of β-lactam (4-membered cyclic amide) rings is 1. The van der Waals surface area contributed by atoms with Crippen molar-refractivity contribution in [3.8, 4) is 0 Å². The predicted octanol–water partition coefficient (Wildman–Crippen LogP) is 1.21. The monoisotopic (exact) mass is 363 g/mol. The number of aliphatic hydroxyl groups is 1. The maximum absolute atomic E-state index is 12.3. The summed E-state index contributed by atoms with van der Waals surface area (Å²) in [7, 11) is 1.96. The molecule has 7 heteroatoms. The molecule has 3 rings (SSSR count). The molecule has 1 aromatic heterocycles. The third-order valence-electron chi connectivity index (χ3n) is 5.11. The van der Waals surface area contributed by atoms with Gasteiger partial charge in [-0.15, -0.1) is 11.8 Å². The zero-order valence-corrected chi connectivity index (χ0v) is 15.6. The van der Waals surface area contributed by atoms with Gasteiger partial charge in [0.1, 0.15) is 12.7 Å². The summed E-state index contributed by atoms with van der Waals surface area (Å²) in [6.45, 7) is 5.56. The van der Waals surface area contributed by atoms with E-state index < -0.39 is 18.0 Å². The molecule has 1 saturated heterocycles. The normalized spacial score (nSPS) is 26.5. The number of hydrogen-bond acceptors (Lipinski definition) is 4. The maximum atomic E-state index is 12.3. The molecule has 2 aliphatic heterocycles. The van der Waals surface area contributed by atoms with Crippen LogP contribution in [0.5, 0.6) is 0 Å². The lowest BCUT2D eigenvalue weighted by Crippen LogP contribution is -2.63. The highest BCUT2D eigenvalue weighted by molar-refractivity contribution is 8.02. The first-order chi connectivity index (χ1) is 11.7. The molecule has 0 spiro atoms. The smallest absolute Gasteiger partial charge is 0.353 e. The minimum Gasteiger partial charge on any atom is -0.477 e. The Morgan fingerprint density at radius 1 is 1.48 bits per heavy atom. The van der Waals surface area contributed by atoms with Crippen LogP contribution in [0, 0.1) is 18.8 Å². The molecule has 1 fully saturated rings. The van der Waals surface area contributed by atoms with Crippen molar-refractivity contribution in [2.24, 2.45) is 18.9 Å². The molecule has 0 radical (unpaired) electrons. The highest BCUT2D eigenvalue weighted by atomic mass is 32.2. The fourth-order valence-corrected chi connectivity index (χ4v) is 5.16. The molecule has 6 nitrogen and oxygen atoms in total. The van der Waals surface area contributed by atoms with Crippen molar-refractivity contribution in [2.45, 2.75) is 38.7 Å². The molecular formula is C18H23N2O4S+. The van der Waals surface area contributed by atoms with Gasteiger partial charge < -0.3 is 15.1 Å². The van der Waals surface area contributed by atoms with Crippen LogP contribution in [-0.2, 0) is 22.4 Å². The van der Waals surface area contributed by atoms with Gasteiger partial charge in [-0.3, -0.25) is 4.79 Å². The van der Waals surface area contributed by atoms with E-state index >= 15 is 0 Å². The first-order valence-corrected chi connectivity index (χ1v) is 9.28. The molecule has 1 amide bonds. The fourth-order valence-electron chi connectivity index (χ4n) is 3.80. The summed E-state index contributed by atoms with van der Waals surface area (Å²) in [6, 6.07) is 1.78. The minimum atomic E-state index is -1.08. The van der Waals surface area contributed by atoms with E-state index in [1.807, 2.05) is 43.9 Å². The topological polar surface area (TPSA) is 81.7 Å². The third-order valence-corrected chi connectivity index (χ3v) is 6.44. The Bertz CT molecular complexity index is 774. The van der Waals surface area contributed by atoms with E-state index in [1.165, 1.54) is 16.7 Å². The molecule has 3 heterocycles. The molecule has 0 bridgehead atoms. The number of pyridine rings is 1. The Morgan fingerprint density at radius 2 is 2.16 bits per heavy atom. The number of fused-ring (bicyclic) bond motifs is 1. The van der Waals surface area contributed by atoms with Gasteiger partial charge in [-0.1, -0.05) is 6.92 Å². The second-order valence-electron chi connectivity index (χ2n) is 6.88. The first kappa shape index (κ1) is 17.9. The summed E-state index contributed by atoms with van der Waals surface area (Å²) in [5.74, 6) is -1.32. The van der Waals surface area contributed by atoms with E-state index in [9.17, 15) is 19.8 Å². The second kappa shape index (κ2) is 6.46. The molecule has 1 aromatic rings. The van der Waals surface area contributed by atoms with Crippen molar-refractivity contribution in [3.05, 3.63) is 40.2 Å². The van der Waals surface area contributed by atoms with Gasteiger partial charge >= 0.3 is 5.97 Å². The van der Waals surface area contributed by atoms with Crippen LogP contribution in [0.1, 0.15) is 25.0 Å². The van der Waals surface area contributed by atoms with Gasteiger partial charge in [-0.25, -0.2) is 9.36 Å². The van der Waals surface area contributed by atoms with E-state index in [4.69, 9.17) is 0 Å². The summed E-state index contributed by atoms with van der Waals surface area (Å²) < 4.78 is 1.97. The van der Waals surface area contributed by atoms with Crippen LogP contribution in [0.25, 0.3) is 0 Å². The maximum Gasteiger partial charge on any atom is 0.353 e. The zero-order valence-electron chi connectivity index (χ0n) is 14.8. The zero-order chi connectivity index (χ0) is 18.5. The van der Waals surface area contributed by atoms with Crippen LogP contribution in [0.3, 0.4) is 0 Å². The van der Waals surface area contributed by atoms with Gasteiger partial charge in [0.15, 0.2) is 12.4 Å². The lowest BCUT2D eigenvalue weighted by molar-refractivity contribution is -0.671. The third kappa shape index (κ3) is 2.85. The number of carboxylic acids is 1. The van der Waals surface area contributed by atoms with Gasteiger partial charge in [0.2, 0.25) is 5.91 Å². The summed E-state index contributed by atoms with van der Waals surface area (Å²) in [4.78, 5) is 26.2. The Labute approximate surface area is 151 Å². The Kier molecular flexibility index (Phi) is 4.64. The molecule has 25 heavy (non-hydrogen) atoms. The van der Waals surface area contributed by atoms with Crippen LogP contribution in [-0.4, -0.2) is 39.1 Å². The molecule has 134 valence electrons. The molecule has 0 aliphatic carbocycles. The Morgan fingerprint density at radius 3 is 2.72 bits per heavy atom. The van der Waals surface area contributed by atoms with Gasteiger partial charge in [-0.2, -0.15) is 0 Å². The molecular weight excluding hydrogens is 340 g/mol. The Hall–Kier alpha value is -1.86. The largest absolute Gasteiger partial charge is 0.477 e. The molecule has 2 aliphatic rings. The number of amides is 1. The number of aryl methyl sites for hydroxylation is 2. The van der Waals surface area contributed by atoms with Crippen LogP contribution in [0.4, 0.5) is 0 Å². The van der Waals surface area contributed by atoms with E-state index in [1.54, 1.807) is 6.92 Å². The lowest BCUT2D eigenvalue weighted by Gasteiger charge is -2.46. The summed E-state index contributed by atoms with van der Waals surface area (Å²) in [6.07, 6.45) is 3.22. The first-order valence-electron chi connectivity index (χ1n) is 8.30. The standard InChI is InChI=1S/C18H22N2O4S/c1-9-7-19(4)6-5-12(9)8-25-16-10(2)14-13(11(3)21)17(22)20(14)15(16)18(23)24/h5-7,10-11,13-14,21H,8H2,1-4H3/p+1/t10-,11-,13-,14+/m1/s1. The predicted molar refractivity (Wildman–Crippen MR) is 93.3 cm³/mol. The number of rotatable bonds is 5. The van der Waals surface area contributed by atoms with Crippen LogP contribution in [0.2, 0.25) is 0 Å². The van der Waals surface area contributed by atoms with Gasteiger partial charge in [0, 0.05) is 28.2 Å². The van der Waals surface area contributed by atoms with E-state index in [-0.39, 0.29) is 23.6 Å². The number of carboxylic acid groups (broad SMARTS) is 1. The lowest BCUT2D eigenvalue weighted by atomic mass is 9.79. The molecule has 2 N–H and O–H groups in total. The van der Waals surface area contributed by atoms with Gasteiger partial charge in [0.05, 0.1) is 18.1 Å². The quantitative estimate of drug-likeness (QED) is 0.607. The molecule has 4 atom stereocenters. The van der Waals surface area contributed by atoms with E-state index in [0.717, 1.165) is 16.0 Å². The Balaban J connectivity index is 1.86. The summed E-state index contributed by atoms with van der Waals surface area (Å²) >= 11 is 1.48. The number of thioether (sulfide) groups is 1. The molecule has 0 saturated carbocycles. The number of aliphatic carboxylic acids is 1. The van der Waals surface area contributed by atoms with Crippen molar-refractivity contribution >= 4 is 23.6 Å². The SMILES string of the molecule is Cc1c[n+](C)ccc1CSC1=C(C(=O)O)N2C(=O)[C@H]([C@@H](C)O)[C@@H]2[C@H]1C.